The van der Waals surface area contributed by atoms with Crippen LogP contribution >= 0.6 is 15.9 Å². The highest BCUT2D eigenvalue weighted by molar-refractivity contribution is 9.10. The number of carbonyl (C=O) groups is 1. The molecule has 0 spiro atoms. The van der Waals surface area contributed by atoms with Crippen molar-refractivity contribution in [2.45, 2.75) is 44.8 Å². The summed E-state index contributed by atoms with van der Waals surface area (Å²) in [5.74, 6) is 0.398. The molecule has 0 saturated carbocycles. The van der Waals surface area contributed by atoms with Crippen LogP contribution in [0.15, 0.2) is 16.9 Å². The van der Waals surface area contributed by atoms with E-state index in [0.717, 1.165) is 4.47 Å². The number of amides is 1. The van der Waals surface area contributed by atoms with E-state index in [1.807, 2.05) is 20.8 Å². The van der Waals surface area contributed by atoms with Crippen molar-refractivity contribution in [3.05, 3.63) is 22.7 Å². The van der Waals surface area contributed by atoms with Crippen LogP contribution in [-0.4, -0.2) is 44.8 Å². The van der Waals surface area contributed by atoms with Crippen molar-refractivity contribution in [1.82, 2.24) is 14.9 Å². The third-order valence-electron chi connectivity index (χ3n) is 3.28. The first-order chi connectivity index (χ1) is 9.70. The Bertz CT molecular complexity index is 505. The minimum Gasteiger partial charge on any atom is -0.444 e. The lowest BCUT2D eigenvalue weighted by Crippen LogP contribution is -2.47. The van der Waals surface area contributed by atoms with Gasteiger partial charge in [-0.15, -0.1) is 0 Å². The van der Waals surface area contributed by atoms with Crippen molar-refractivity contribution in [3.63, 3.8) is 0 Å². The highest BCUT2D eigenvalue weighted by Gasteiger charge is 2.38. The van der Waals surface area contributed by atoms with Gasteiger partial charge in [0.15, 0.2) is 5.82 Å². The van der Waals surface area contributed by atoms with Crippen LogP contribution in [0, 0.1) is 0 Å². The molecule has 1 aromatic heterocycles. The quantitative estimate of drug-likeness (QED) is 0.835. The standard InChI is InChI=1S/C14H20BrN3O3/c1-13(2,3)21-12(19)18-6-4-14(20,5-7-18)11-16-8-10(15)9-17-11/h8-9,20H,4-7H2,1-3H3. The second kappa shape index (κ2) is 5.88. The van der Waals surface area contributed by atoms with Gasteiger partial charge in [-0.25, -0.2) is 14.8 Å². The lowest BCUT2D eigenvalue weighted by molar-refractivity contribution is -0.0409. The molecule has 21 heavy (non-hydrogen) atoms. The van der Waals surface area contributed by atoms with Crippen LogP contribution in [0.25, 0.3) is 0 Å². The van der Waals surface area contributed by atoms with Crippen molar-refractivity contribution >= 4 is 22.0 Å². The van der Waals surface area contributed by atoms with Gasteiger partial charge in [-0.3, -0.25) is 0 Å². The predicted octanol–water partition coefficient (Wildman–Crippen LogP) is 2.46. The maximum atomic E-state index is 12.0. The molecule has 0 bridgehead atoms. The van der Waals surface area contributed by atoms with Gasteiger partial charge >= 0.3 is 6.09 Å². The highest BCUT2D eigenvalue weighted by Crippen LogP contribution is 2.31. The molecule has 6 nitrogen and oxygen atoms in total. The molecule has 1 fully saturated rings. The Kier molecular flexibility index (Phi) is 4.53. The Hall–Kier alpha value is -1.21. The molecular formula is C14H20BrN3O3. The number of rotatable bonds is 1. The summed E-state index contributed by atoms with van der Waals surface area (Å²) in [7, 11) is 0. The molecule has 2 heterocycles. The molecule has 1 amide bonds. The van der Waals surface area contributed by atoms with E-state index in [9.17, 15) is 9.90 Å². The Morgan fingerprint density at radius 3 is 2.33 bits per heavy atom. The molecule has 1 saturated heterocycles. The second-order valence-corrected chi connectivity index (χ2v) is 7.14. The maximum Gasteiger partial charge on any atom is 0.410 e. The predicted molar refractivity (Wildman–Crippen MR) is 80.7 cm³/mol. The average Bonchev–Trinajstić information content (AvgIpc) is 2.38. The van der Waals surface area contributed by atoms with Crippen molar-refractivity contribution in [2.24, 2.45) is 0 Å². The Labute approximate surface area is 132 Å². The van der Waals surface area contributed by atoms with Crippen molar-refractivity contribution < 1.29 is 14.6 Å². The Morgan fingerprint density at radius 1 is 1.33 bits per heavy atom. The van der Waals surface area contributed by atoms with Crippen molar-refractivity contribution in [1.29, 1.82) is 0 Å². The largest absolute Gasteiger partial charge is 0.444 e. The van der Waals surface area contributed by atoms with Gasteiger partial charge < -0.3 is 14.7 Å². The zero-order valence-corrected chi connectivity index (χ0v) is 14.1. The number of ether oxygens (including phenoxy) is 1. The van der Waals surface area contributed by atoms with Crippen molar-refractivity contribution in [2.75, 3.05) is 13.1 Å². The first kappa shape index (κ1) is 16.2. The molecule has 1 aliphatic rings. The smallest absolute Gasteiger partial charge is 0.410 e. The first-order valence-corrected chi connectivity index (χ1v) is 7.67. The van der Waals surface area contributed by atoms with E-state index in [1.54, 1.807) is 17.3 Å². The molecule has 1 N–H and O–H groups in total. The van der Waals surface area contributed by atoms with Crippen LogP contribution in [0.2, 0.25) is 0 Å². The van der Waals surface area contributed by atoms with Crippen LogP contribution in [0.1, 0.15) is 39.4 Å². The summed E-state index contributed by atoms with van der Waals surface area (Å²) in [6.07, 6.45) is 3.67. The van der Waals surface area contributed by atoms with E-state index in [-0.39, 0.29) is 6.09 Å². The Balaban J connectivity index is 1.99. The third-order valence-corrected chi connectivity index (χ3v) is 3.69. The second-order valence-electron chi connectivity index (χ2n) is 6.22. The molecule has 1 aliphatic heterocycles. The monoisotopic (exact) mass is 357 g/mol. The number of aliphatic hydroxyl groups is 1. The molecule has 0 unspecified atom stereocenters. The van der Waals surface area contributed by atoms with E-state index in [0.29, 0.717) is 31.8 Å². The van der Waals surface area contributed by atoms with Gasteiger partial charge in [0.05, 0.1) is 4.47 Å². The van der Waals surface area contributed by atoms with Gasteiger partial charge in [0.1, 0.15) is 11.2 Å². The number of hydrogen-bond donors (Lipinski definition) is 1. The molecule has 0 aromatic carbocycles. The fraction of sp³-hybridized carbons (Fsp3) is 0.643. The summed E-state index contributed by atoms with van der Waals surface area (Å²) in [5, 5.41) is 10.6. The number of likely N-dealkylation sites (tertiary alicyclic amines) is 1. The number of carbonyl (C=O) groups excluding carboxylic acids is 1. The topological polar surface area (TPSA) is 75.5 Å². The van der Waals surface area contributed by atoms with Gasteiger partial charge in [0, 0.05) is 38.3 Å². The average molecular weight is 358 g/mol. The zero-order valence-electron chi connectivity index (χ0n) is 12.5. The number of halogens is 1. The van der Waals surface area contributed by atoms with Gasteiger partial charge in [0.2, 0.25) is 0 Å². The zero-order chi connectivity index (χ0) is 15.7. The summed E-state index contributed by atoms with van der Waals surface area (Å²) in [5.41, 5.74) is -1.60. The van der Waals surface area contributed by atoms with Gasteiger partial charge in [0.25, 0.3) is 0 Å². The van der Waals surface area contributed by atoms with Gasteiger partial charge in [-0.2, -0.15) is 0 Å². The molecule has 0 radical (unpaired) electrons. The number of nitrogens with zero attached hydrogens (tertiary/aromatic N) is 3. The molecule has 116 valence electrons. The first-order valence-electron chi connectivity index (χ1n) is 6.88. The maximum absolute atomic E-state index is 12.0. The number of hydrogen-bond acceptors (Lipinski definition) is 5. The molecule has 7 heteroatoms. The van der Waals surface area contributed by atoms with Gasteiger partial charge in [-0.05, 0) is 36.7 Å². The fourth-order valence-electron chi connectivity index (χ4n) is 2.16. The van der Waals surface area contributed by atoms with Crippen molar-refractivity contribution in [3.8, 4) is 0 Å². The van der Waals surface area contributed by atoms with Crippen LogP contribution in [0.4, 0.5) is 4.79 Å². The lowest BCUT2D eigenvalue weighted by atomic mass is 9.90. The number of aromatic nitrogens is 2. The van der Waals surface area contributed by atoms with Crippen LogP contribution in [0.5, 0.6) is 0 Å². The molecule has 2 rings (SSSR count). The summed E-state index contributed by atoms with van der Waals surface area (Å²) in [4.78, 5) is 21.9. The lowest BCUT2D eigenvalue weighted by Gasteiger charge is -2.37. The van der Waals surface area contributed by atoms with E-state index in [1.165, 1.54) is 0 Å². The summed E-state index contributed by atoms with van der Waals surface area (Å²) in [6.45, 7) is 6.35. The summed E-state index contributed by atoms with van der Waals surface area (Å²) >= 11 is 3.27. The number of piperidine rings is 1. The van der Waals surface area contributed by atoms with Crippen LogP contribution in [-0.2, 0) is 10.3 Å². The molecule has 0 atom stereocenters. The van der Waals surface area contributed by atoms with E-state index >= 15 is 0 Å². The normalized spacial score (nSPS) is 18.4. The SMILES string of the molecule is CC(C)(C)OC(=O)N1CCC(O)(c2ncc(Br)cn2)CC1. The van der Waals surface area contributed by atoms with Gasteiger partial charge in [-0.1, -0.05) is 0 Å². The van der Waals surface area contributed by atoms with E-state index < -0.39 is 11.2 Å². The summed E-state index contributed by atoms with van der Waals surface area (Å²) < 4.78 is 6.10. The Morgan fingerprint density at radius 2 is 1.86 bits per heavy atom. The van der Waals surface area contributed by atoms with Crippen LogP contribution in [0.3, 0.4) is 0 Å². The van der Waals surface area contributed by atoms with E-state index in [2.05, 4.69) is 25.9 Å². The van der Waals surface area contributed by atoms with E-state index in [4.69, 9.17) is 4.74 Å². The minimum atomic E-state index is -1.08. The van der Waals surface area contributed by atoms with Crippen LogP contribution < -0.4 is 0 Å². The highest BCUT2D eigenvalue weighted by atomic mass is 79.9. The molecule has 0 aliphatic carbocycles. The molecular weight excluding hydrogens is 338 g/mol. The minimum absolute atomic E-state index is 0.346. The summed E-state index contributed by atoms with van der Waals surface area (Å²) in [6, 6.07) is 0. The molecule has 1 aromatic rings. The third kappa shape index (κ3) is 4.14. The fourth-order valence-corrected chi connectivity index (χ4v) is 2.37.